The van der Waals surface area contributed by atoms with Crippen LogP contribution in [0.5, 0.6) is 5.75 Å². The number of aromatic nitrogens is 1. The Morgan fingerprint density at radius 2 is 1.72 bits per heavy atom. The van der Waals surface area contributed by atoms with Crippen LogP contribution in [0.1, 0.15) is 56.3 Å². The second kappa shape index (κ2) is 9.18. The number of esters is 1. The van der Waals surface area contributed by atoms with Crippen molar-refractivity contribution < 1.29 is 28.7 Å². The van der Waals surface area contributed by atoms with Gasteiger partial charge in [0.2, 0.25) is 5.78 Å². The van der Waals surface area contributed by atoms with Crippen molar-refractivity contribution in [1.82, 2.24) is 10.3 Å². The number of hydrogen-bond donors (Lipinski definition) is 2. The Bertz CT molecular complexity index is 943. The van der Waals surface area contributed by atoms with Crippen LogP contribution in [0.3, 0.4) is 0 Å². The summed E-state index contributed by atoms with van der Waals surface area (Å²) in [6.45, 7) is 5.84. The van der Waals surface area contributed by atoms with Gasteiger partial charge in [0.05, 0.1) is 12.8 Å². The molecule has 1 aromatic carbocycles. The number of carbonyl (C=O) groups is 4. The number of H-pyrrole nitrogens is 1. The standard InChI is InChI=1S/C21H24N2O6/c1-11-18(13(3)24)12(2)23-19(11)20(26)14(4)29-17(25)10-22-21(27)15-6-8-16(28-5)9-7-15/h6-9,14,23H,10H2,1-5H3,(H,22,27)/t14-/m0/s1. The van der Waals surface area contributed by atoms with E-state index in [1.165, 1.54) is 21.0 Å². The van der Waals surface area contributed by atoms with Crippen molar-refractivity contribution in [1.29, 1.82) is 0 Å². The molecule has 1 amide bonds. The molecular weight excluding hydrogens is 376 g/mol. The van der Waals surface area contributed by atoms with Gasteiger partial charge in [-0.3, -0.25) is 19.2 Å². The van der Waals surface area contributed by atoms with Gasteiger partial charge in [0, 0.05) is 16.8 Å². The van der Waals surface area contributed by atoms with Crippen LogP contribution in [0.4, 0.5) is 0 Å². The second-order valence-corrected chi connectivity index (χ2v) is 6.59. The zero-order valence-electron chi connectivity index (χ0n) is 17.0. The van der Waals surface area contributed by atoms with E-state index in [0.29, 0.717) is 28.1 Å². The predicted octanol–water partition coefficient (Wildman–Crippen LogP) is 2.39. The normalized spacial score (nSPS) is 11.5. The van der Waals surface area contributed by atoms with Gasteiger partial charge in [-0.15, -0.1) is 0 Å². The molecule has 8 nitrogen and oxygen atoms in total. The predicted molar refractivity (Wildman–Crippen MR) is 105 cm³/mol. The monoisotopic (exact) mass is 400 g/mol. The Morgan fingerprint density at radius 3 is 2.24 bits per heavy atom. The molecule has 0 spiro atoms. The van der Waals surface area contributed by atoms with Crippen LogP contribution in [0, 0.1) is 13.8 Å². The fourth-order valence-electron chi connectivity index (χ4n) is 3.02. The molecule has 0 saturated heterocycles. The van der Waals surface area contributed by atoms with Crippen LogP contribution in [0.15, 0.2) is 24.3 Å². The van der Waals surface area contributed by atoms with Crippen LogP contribution < -0.4 is 10.1 Å². The molecule has 0 aliphatic heterocycles. The van der Waals surface area contributed by atoms with E-state index in [1.54, 1.807) is 38.1 Å². The Hall–Kier alpha value is -3.42. The highest BCUT2D eigenvalue weighted by atomic mass is 16.5. The molecule has 1 atom stereocenters. The lowest BCUT2D eigenvalue weighted by Crippen LogP contribution is -2.34. The molecule has 1 aromatic heterocycles. The Balaban J connectivity index is 1.94. The highest BCUT2D eigenvalue weighted by Gasteiger charge is 2.26. The number of ketones is 2. The molecule has 154 valence electrons. The van der Waals surface area contributed by atoms with Crippen molar-refractivity contribution in [2.45, 2.75) is 33.8 Å². The van der Waals surface area contributed by atoms with E-state index in [1.807, 2.05) is 0 Å². The third kappa shape index (κ3) is 5.10. The van der Waals surface area contributed by atoms with Crippen molar-refractivity contribution in [2.75, 3.05) is 13.7 Å². The number of Topliss-reactive ketones (excluding diaryl/α,β-unsaturated/α-hetero) is 2. The number of rotatable bonds is 8. The minimum atomic E-state index is -1.07. The average molecular weight is 400 g/mol. The van der Waals surface area contributed by atoms with E-state index < -0.39 is 23.8 Å². The number of methoxy groups -OCH3 is 1. The summed E-state index contributed by atoms with van der Waals surface area (Å²) in [5.74, 6) is -1.20. The molecule has 0 bridgehead atoms. The van der Waals surface area contributed by atoms with Gasteiger partial charge in [-0.1, -0.05) is 0 Å². The molecule has 0 aliphatic rings. The molecule has 2 rings (SSSR count). The third-order valence-corrected chi connectivity index (χ3v) is 4.46. The van der Waals surface area contributed by atoms with Gasteiger partial charge in [0.15, 0.2) is 11.9 Å². The fourth-order valence-corrected chi connectivity index (χ4v) is 3.02. The molecule has 2 N–H and O–H groups in total. The number of nitrogens with one attached hydrogen (secondary N) is 2. The topological polar surface area (TPSA) is 115 Å². The first-order valence-corrected chi connectivity index (χ1v) is 9.01. The summed E-state index contributed by atoms with van der Waals surface area (Å²) in [7, 11) is 1.52. The lowest BCUT2D eigenvalue weighted by Gasteiger charge is -2.13. The van der Waals surface area contributed by atoms with Crippen molar-refractivity contribution in [2.24, 2.45) is 0 Å². The third-order valence-electron chi connectivity index (χ3n) is 4.46. The molecule has 0 aliphatic carbocycles. The fraction of sp³-hybridized carbons (Fsp3) is 0.333. The maximum absolute atomic E-state index is 12.6. The van der Waals surface area contributed by atoms with Gasteiger partial charge >= 0.3 is 5.97 Å². The number of aryl methyl sites for hydroxylation is 1. The second-order valence-electron chi connectivity index (χ2n) is 6.59. The molecule has 8 heteroatoms. The van der Waals surface area contributed by atoms with Gasteiger partial charge in [-0.25, -0.2) is 0 Å². The first-order valence-electron chi connectivity index (χ1n) is 9.01. The highest BCUT2D eigenvalue weighted by Crippen LogP contribution is 2.20. The van der Waals surface area contributed by atoms with Gasteiger partial charge < -0.3 is 19.8 Å². The van der Waals surface area contributed by atoms with Crippen molar-refractivity contribution in [3.8, 4) is 5.75 Å². The Morgan fingerprint density at radius 1 is 1.10 bits per heavy atom. The minimum Gasteiger partial charge on any atom is -0.497 e. The Labute approximate surface area is 168 Å². The average Bonchev–Trinajstić information content (AvgIpc) is 2.99. The van der Waals surface area contributed by atoms with Gasteiger partial charge in [-0.2, -0.15) is 0 Å². The number of benzene rings is 1. The van der Waals surface area contributed by atoms with Crippen molar-refractivity contribution in [3.05, 3.63) is 52.3 Å². The van der Waals surface area contributed by atoms with E-state index in [9.17, 15) is 19.2 Å². The van der Waals surface area contributed by atoms with Crippen LogP contribution in [-0.2, 0) is 9.53 Å². The zero-order valence-corrected chi connectivity index (χ0v) is 17.0. The first-order chi connectivity index (χ1) is 13.6. The summed E-state index contributed by atoms with van der Waals surface area (Å²) in [5, 5.41) is 2.44. The molecule has 0 unspecified atom stereocenters. The summed E-state index contributed by atoms with van der Waals surface area (Å²) in [6, 6.07) is 6.39. The van der Waals surface area contributed by atoms with E-state index in [-0.39, 0.29) is 18.0 Å². The van der Waals surface area contributed by atoms with Gasteiger partial charge in [0.1, 0.15) is 12.3 Å². The summed E-state index contributed by atoms with van der Waals surface area (Å²) < 4.78 is 10.1. The van der Waals surface area contributed by atoms with E-state index in [2.05, 4.69) is 10.3 Å². The number of carbonyl (C=O) groups excluding carboxylic acids is 4. The van der Waals surface area contributed by atoms with E-state index >= 15 is 0 Å². The van der Waals surface area contributed by atoms with Crippen LogP contribution in [-0.4, -0.2) is 48.2 Å². The lowest BCUT2D eigenvalue weighted by atomic mass is 10.0. The van der Waals surface area contributed by atoms with Gasteiger partial charge in [0.25, 0.3) is 5.91 Å². The summed E-state index contributed by atoms with van der Waals surface area (Å²) in [6.07, 6.45) is -1.07. The maximum Gasteiger partial charge on any atom is 0.326 e. The van der Waals surface area contributed by atoms with Gasteiger partial charge in [-0.05, 0) is 57.5 Å². The largest absolute Gasteiger partial charge is 0.497 e. The maximum atomic E-state index is 12.6. The minimum absolute atomic E-state index is 0.152. The summed E-state index contributed by atoms with van der Waals surface area (Å²) in [5.41, 5.74) is 2.16. The van der Waals surface area contributed by atoms with E-state index in [4.69, 9.17) is 9.47 Å². The molecule has 0 fully saturated rings. The summed E-state index contributed by atoms with van der Waals surface area (Å²) >= 11 is 0. The SMILES string of the molecule is COc1ccc(C(=O)NCC(=O)O[C@@H](C)C(=O)c2[nH]c(C)c(C(C)=O)c2C)cc1. The van der Waals surface area contributed by atoms with Crippen LogP contribution in [0.25, 0.3) is 0 Å². The number of hydrogen-bond acceptors (Lipinski definition) is 6. The number of amides is 1. The number of ether oxygens (including phenoxy) is 2. The molecule has 2 aromatic rings. The van der Waals surface area contributed by atoms with Crippen molar-refractivity contribution in [3.63, 3.8) is 0 Å². The molecule has 1 heterocycles. The first kappa shape index (κ1) is 21.9. The zero-order chi connectivity index (χ0) is 21.7. The highest BCUT2D eigenvalue weighted by molar-refractivity contribution is 6.05. The number of aromatic amines is 1. The van der Waals surface area contributed by atoms with Crippen LogP contribution in [0.2, 0.25) is 0 Å². The quantitative estimate of drug-likeness (QED) is 0.519. The van der Waals surface area contributed by atoms with E-state index in [0.717, 1.165) is 0 Å². The Kier molecular flexibility index (Phi) is 6.93. The molecule has 0 radical (unpaired) electrons. The van der Waals surface area contributed by atoms with Crippen LogP contribution >= 0.6 is 0 Å². The van der Waals surface area contributed by atoms with Crippen molar-refractivity contribution >= 4 is 23.4 Å². The molecule has 0 saturated carbocycles. The lowest BCUT2D eigenvalue weighted by molar-refractivity contribution is -0.145. The molecule has 29 heavy (non-hydrogen) atoms. The summed E-state index contributed by atoms with van der Waals surface area (Å²) in [4.78, 5) is 51.3. The molecular formula is C21H24N2O6. The smallest absolute Gasteiger partial charge is 0.326 e.